The summed E-state index contributed by atoms with van der Waals surface area (Å²) < 4.78 is 1.65. The van der Waals surface area contributed by atoms with Crippen LogP contribution in [0, 0.1) is 0 Å². The number of amides is 1. The fraction of sp³-hybridized carbons (Fsp3) is 0.0952. The Morgan fingerprint density at radius 1 is 1.00 bits per heavy atom. The normalized spacial score (nSPS) is 10.5. The Labute approximate surface area is 167 Å². The number of nitrogens with zero attached hydrogens (tertiary/aromatic N) is 6. The Bertz CT molecular complexity index is 1080. The fourth-order valence-corrected chi connectivity index (χ4v) is 2.86. The van der Waals surface area contributed by atoms with Crippen LogP contribution in [0.4, 0.5) is 11.6 Å². The van der Waals surface area contributed by atoms with Crippen LogP contribution in [0.3, 0.4) is 0 Å². The second kappa shape index (κ2) is 8.30. The zero-order valence-corrected chi connectivity index (χ0v) is 15.8. The largest absolute Gasteiger partial charge is 0.349 e. The Hall–Kier alpha value is -4.07. The second-order valence-corrected chi connectivity index (χ2v) is 6.37. The maximum atomic E-state index is 12.5. The molecule has 0 saturated heterocycles. The van der Waals surface area contributed by atoms with Crippen molar-refractivity contribution in [1.82, 2.24) is 25.2 Å². The molecule has 2 aromatic carbocycles. The van der Waals surface area contributed by atoms with Crippen LogP contribution >= 0.6 is 0 Å². The third-order valence-corrected chi connectivity index (χ3v) is 4.48. The van der Waals surface area contributed by atoms with Gasteiger partial charge in [0.25, 0.3) is 5.91 Å². The highest BCUT2D eigenvalue weighted by molar-refractivity contribution is 6.05. The van der Waals surface area contributed by atoms with Gasteiger partial charge in [-0.3, -0.25) is 9.78 Å². The number of aromatic nitrogens is 5. The number of hydrogen-bond donors (Lipinski definition) is 1. The van der Waals surface area contributed by atoms with Crippen LogP contribution in [0.1, 0.15) is 15.9 Å². The first kappa shape index (κ1) is 18.3. The predicted octanol–water partition coefficient (Wildman–Crippen LogP) is 2.95. The molecule has 0 aliphatic heterocycles. The van der Waals surface area contributed by atoms with E-state index in [0.29, 0.717) is 18.1 Å². The molecule has 1 N–H and O–H groups in total. The highest BCUT2D eigenvalue weighted by Gasteiger charge is 2.13. The average molecular weight is 385 g/mol. The van der Waals surface area contributed by atoms with Crippen molar-refractivity contribution in [2.45, 2.75) is 6.54 Å². The lowest BCUT2D eigenvalue weighted by Crippen LogP contribution is -2.26. The molecule has 0 bridgehead atoms. The topological polar surface area (TPSA) is 88.8 Å². The predicted molar refractivity (Wildman–Crippen MR) is 110 cm³/mol. The van der Waals surface area contributed by atoms with Gasteiger partial charge in [-0.25, -0.2) is 0 Å². The summed E-state index contributed by atoms with van der Waals surface area (Å²) in [4.78, 5) is 18.1. The van der Waals surface area contributed by atoms with Crippen molar-refractivity contribution in [3.05, 3.63) is 90.3 Å². The fourth-order valence-electron chi connectivity index (χ4n) is 2.86. The van der Waals surface area contributed by atoms with Gasteiger partial charge in [0.05, 0.1) is 5.69 Å². The first-order valence-electron chi connectivity index (χ1n) is 9.07. The number of benzene rings is 2. The second-order valence-electron chi connectivity index (χ2n) is 6.37. The SMILES string of the molecule is CN(C(=O)c1ccncc1)c1ccc(CNc2nnnn2-c2ccccc2)cc1. The summed E-state index contributed by atoms with van der Waals surface area (Å²) >= 11 is 0. The van der Waals surface area contributed by atoms with Crippen molar-refractivity contribution in [2.75, 3.05) is 17.3 Å². The van der Waals surface area contributed by atoms with Crippen LogP contribution in [-0.4, -0.2) is 38.1 Å². The minimum atomic E-state index is -0.0830. The van der Waals surface area contributed by atoms with Gasteiger partial charge >= 0.3 is 0 Å². The van der Waals surface area contributed by atoms with E-state index >= 15 is 0 Å². The number of pyridine rings is 1. The van der Waals surface area contributed by atoms with Crippen LogP contribution in [-0.2, 0) is 6.54 Å². The molecule has 2 aromatic heterocycles. The number of hydrogen-bond acceptors (Lipinski definition) is 6. The summed E-state index contributed by atoms with van der Waals surface area (Å²) in [6.07, 6.45) is 3.22. The molecular weight excluding hydrogens is 366 g/mol. The van der Waals surface area contributed by atoms with E-state index in [0.717, 1.165) is 16.9 Å². The molecule has 0 aliphatic carbocycles. The van der Waals surface area contributed by atoms with Crippen molar-refractivity contribution in [3.8, 4) is 5.69 Å². The van der Waals surface area contributed by atoms with E-state index in [1.165, 1.54) is 0 Å². The van der Waals surface area contributed by atoms with Gasteiger partial charge in [0.1, 0.15) is 0 Å². The van der Waals surface area contributed by atoms with Crippen molar-refractivity contribution in [3.63, 3.8) is 0 Å². The molecule has 0 fully saturated rings. The van der Waals surface area contributed by atoms with Crippen molar-refractivity contribution in [2.24, 2.45) is 0 Å². The maximum Gasteiger partial charge on any atom is 0.258 e. The molecule has 0 atom stereocenters. The van der Waals surface area contributed by atoms with Crippen LogP contribution < -0.4 is 10.2 Å². The Balaban J connectivity index is 1.42. The molecular formula is C21H19N7O. The third kappa shape index (κ3) is 4.11. The molecule has 0 unspecified atom stereocenters. The van der Waals surface area contributed by atoms with Crippen LogP contribution in [0.15, 0.2) is 79.1 Å². The molecule has 29 heavy (non-hydrogen) atoms. The standard InChI is InChI=1S/C21H19N7O/c1-27(20(29)17-11-13-22-14-12-17)18-9-7-16(8-10-18)15-23-21-24-25-26-28(21)19-5-3-2-4-6-19/h2-14H,15H2,1H3,(H,23,24,26). The Morgan fingerprint density at radius 3 is 2.45 bits per heavy atom. The Morgan fingerprint density at radius 2 is 1.72 bits per heavy atom. The van der Waals surface area contributed by atoms with Crippen molar-refractivity contribution >= 4 is 17.5 Å². The molecule has 4 rings (SSSR count). The minimum absolute atomic E-state index is 0.0830. The van der Waals surface area contributed by atoms with E-state index in [1.807, 2.05) is 54.6 Å². The van der Waals surface area contributed by atoms with Gasteiger partial charge in [0.2, 0.25) is 5.95 Å². The highest BCUT2D eigenvalue weighted by Crippen LogP contribution is 2.17. The number of carbonyl (C=O) groups is 1. The highest BCUT2D eigenvalue weighted by atomic mass is 16.2. The van der Waals surface area contributed by atoms with E-state index in [2.05, 4.69) is 25.8 Å². The number of carbonyl (C=O) groups excluding carboxylic acids is 1. The van der Waals surface area contributed by atoms with Gasteiger partial charge in [-0.05, 0) is 52.4 Å². The van der Waals surface area contributed by atoms with Gasteiger partial charge in [0.15, 0.2) is 0 Å². The summed E-state index contributed by atoms with van der Waals surface area (Å²) in [5.74, 6) is 0.477. The van der Waals surface area contributed by atoms with E-state index in [1.54, 1.807) is 41.2 Å². The van der Waals surface area contributed by atoms with Crippen molar-refractivity contribution in [1.29, 1.82) is 0 Å². The number of nitrogens with one attached hydrogen (secondary N) is 1. The quantitative estimate of drug-likeness (QED) is 0.549. The molecule has 0 aliphatic rings. The summed E-state index contributed by atoms with van der Waals surface area (Å²) in [6.45, 7) is 0.551. The number of rotatable bonds is 6. The zero-order chi connectivity index (χ0) is 20.1. The minimum Gasteiger partial charge on any atom is -0.349 e. The molecule has 0 saturated carbocycles. The van der Waals surface area contributed by atoms with E-state index < -0.39 is 0 Å². The molecule has 1 amide bonds. The van der Waals surface area contributed by atoms with Gasteiger partial charge in [-0.15, -0.1) is 0 Å². The Kier molecular flexibility index (Phi) is 5.24. The summed E-state index contributed by atoms with van der Waals surface area (Å²) in [6, 6.07) is 20.8. The molecule has 4 aromatic rings. The van der Waals surface area contributed by atoms with Crippen LogP contribution in [0.25, 0.3) is 5.69 Å². The van der Waals surface area contributed by atoms with E-state index in [-0.39, 0.29) is 5.91 Å². The number of para-hydroxylation sites is 1. The van der Waals surface area contributed by atoms with Gasteiger partial charge < -0.3 is 10.2 Å². The average Bonchev–Trinajstić information content (AvgIpc) is 3.27. The monoisotopic (exact) mass is 385 g/mol. The first-order valence-corrected chi connectivity index (χ1v) is 9.07. The van der Waals surface area contributed by atoms with Crippen LogP contribution in [0.5, 0.6) is 0 Å². The lowest BCUT2D eigenvalue weighted by molar-refractivity contribution is 0.0993. The molecule has 0 spiro atoms. The molecule has 0 radical (unpaired) electrons. The van der Waals surface area contributed by atoms with Gasteiger partial charge in [-0.2, -0.15) is 4.68 Å². The lowest BCUT2D eigenvalue weighted by atomic mass is 10.1. The van der Waals surface area contributed by atoms with Crippen molar-refractivity contribution < 1.29 is 4.79 Å². The third-order valence-electron chi connectivity index (χ3n) is 4.48. The first-order chi connectivity index (χ1) is 14.2. The summed E-state index contributed by atoms with van der Waals surface area (Å²) in [5.41, 5.74) is 3.33. The molecule has 8 heteroatoms. The van der Waals surface area contributed by atoms with Gasteiger partial charge in [0, 0.05) is 37.2 Å². The van der Waals surface area contributed by atoms with E-state index in [9.17, 15) is 4.79 Å². The van der Waals surface area contributed by atoms with Gasteiger partial charge in [-0.1, -0.05) is 35.4 Å². The maximum absolute atomic E-state index is 12.5. The summed E-state index contributed by atoms with van der Waals surface area (Å²) in [5, 5.41) is 15.1. The smallest absolute Gasteiger partial charge is 0.258 e. The van der Waals surface area contributed by atoms with E-state index in [4.69, 9.17) is 0 Å². The molecule has 144 valence electrons. The summed E-state index contributed by atoms with van der Waals surface area (Å²) in [7, 11) is 1.75. The van der Waals surface area contributed by atoms with Crippen LogP contribution in [0.2, 0.25) is 0 Å². The molecule has 2 heterocycles. The number of tetrazole rings is 1. The zero-order valence-electron chi connectivity index (χ0n) is 15.8. The lowest BCUT2D eigenvalue weighted by Gasteiger charge is -2.17. The number of anilines is 2. The molecule has 8 nitrogen and oxygen atoms in total.